The Hall–Kier alpha value is -2.34. The van der Waals surface area contributed by atoms with Gasteiger partial charge < -0.3 is 14.4 Å². The van der Waals surface area contributed by atoms with Crippen molar-refractivity contribution in [3.8, 4) is 11.5 Å². The summed E-state index contributed by atoms with van der Waals surface area (Å²) < 4.78 is 11.5. The highest BCUT2D eigenvalue weighted by molar-refractivity contribution is 6.29. The van der Waals surface area contributed by atoms with Crippen molar-refractivity contribution in [2.75, 3.05) is 25.1 Å². The van der Waals surface area contributed by atoms with E-state index in [-0.39, 0.29) is 5.78 Å². The molecule has 0 amide bonds. The summed E-state index contributed by atoms with van der Waals surface area (Å²) in [4.78, 5) is 23.6. The standard InChI is InChI=1S/C19H20ClN3O3/c1-3-17-21-16(20)9-18(22-17)23-7-6-19(11-23)10-14(24)13-8-12(25-2)4-5-15(13)26-19/h4-5,8-9H,3,6-7,10-11H2,1-2H3. The van der Waals surface area contributed by atoms with Crippen LogP contribution in [0.5, 0.6) is 11.5 Å². The highest BCUT2D eigenvalue weighted by Gasteiger charge is 2.46. The number of rotatable bonds is 3. The molecule has 1 aromatic carbocycles. The molecular weight excluding hydrogens is 354 g/mol. The van der Waals surface area contributed by atoms with Crippen LogP contribution in [0.4, 0.5) is 5.82 Å². The molecule has 0 bridgehead atoms. The van der Waals surface area contributed by atoms with Crippen LogP contribution in [-0.4, -0.2) is 41.6 Å². The Morgan fingerprint density at radius 1 is 1.35 bits per heavy atom. The molecule has 1 spiro atoms. The smallest absolute Gasteiger partial charge is 0.170 e. The molecule has 1 saturated heterocycles. The van der Waals surface area contributed by atoms with Gasteiger partial charge >= 0.3 is 0 Å². The van der Waals surface area contributed by atoms with Gasteiger partial charge in [-0.15, -0.1) is 0 Å². The highest BCUT2D eigenvalue weighted by Crippen LogP contribution is 2.41. The lowest BCUT2D eigenvalue weighted by atomic mass is 9.89. The van der Waals surface area contributed by atoms with E-state index in [1.807, 2.05) is 19.1 Å². The second-order valence-corrected chi connectivity index (χ2v) is 7.12. The first-order chi connectivity index (χ1) is 12.5. The second kappa shape index (κ2) is 6.43. The number of methoxy groups -OCH3 is 1. The van der Waals surface area contributed by atoms with Gasteiger partial charge in [0.1, 0.15) is 33.9 Å². The molecule has 2 aliphatic rings. The Morgan fingerprint density at radius 3 is 2.96 bits per heavy atom. The normalized spacial score (nSPS) is 21.7. The van der Waals surface area contributed by atoms with Crippen molar-refractivity contribution >= 4 is 23.2 Å². The fraction of sp³-hybridized carbons (Fsp3) is 0.421. The van der Waals surface area contributed by atoms with Crippen LogP contribution < -0.4 is 14.4 Å². The molecule has 1 fully saturated rings. The summed E-state index contributed by atoms with van der Waals surface area (Å²) in [6.07, 6.45) is 1.83. The van der Waals surface area contributed by atoms with E-state index in [0.717, 1.165) is 25.2 Å². The molecule has 0 N–H and O–H groups in total. The van der Waals surface area contributed by atoms with Crippen LogP contribution in [0.15, 0.2) is 24.3 Å². The molecular formula is C19H20ClN3O3. The van der Waals surface area contributed by atoms with E-state index >= 15 is 0 Å². The molecule has 1 aromatic heterocycles. The molecule has 2 aromatic rings. The third kappa shape index (κ3) is 2.98. The van der Waals surface area contributed by atoms with E-state index < -0.39 is 5.60 Å². The van der Waals surface area contributed by atoms with Crippen LogP contribution >= 0.6 is 11.6 Å². The summed E-state index contributed by atoms with van der Waals surface area (Å²) in [6, 6.07) is 7.14. The predicted octanol–water partition coefficient (Wildman–Crippen LogP) is 3.32. The monoisotopic (exact) mass is 373 g/mol. The van der Waals surface area contributed by atoms with Gasteiger partial charge in [-0.1, -0.05) is 18.5 Å². The maximum atomic E-state index is 12.7. The maximum absolute atomic E-state index is 12.7. The first-order valence-electron chi connectivity index (χ1n) is 8.70. The molecule has 1 atom stereocenters. The molecule has 7 heteroatoms. The molecule has 1 unspecified atom stereocenters. The molecule has 0 aliphatic carbocycles. The van der Waals surface area contributed by atoms with Crippen molar-refractivity contribution < 1.29 is 14.3 Å². The zero-order valence-electron chi connectivity index (χ0n) is 14.8. The third-order valence-electron chi connectivity index (χ3n) is 4.98. The number of nitrogens with zero attached hydrogens (tertiary/aromatic N) is 3. The predicted molar refractivity (Wildman–Crippen MR) is 98.6 cm³/mol. The molecule has 2 aliphatic heterocycles. The van der Waals surface area contributed by atoms with Gasteiger partial charge in [0, 0.05) is 25.5 Å². The summed E-state index contributed by atoms with van der Waals surface area (Å²) in [6.45, 7) is 3.35. The Kier molecular flexibility index (Phi) is 4.23. The minimum absolute atomic E-state index is 0.0852. The number of ether oxygens (including phenoxy) is 2. The molecule has 0 saturated carbocycles. The van der Waals surface area contributed by atoms with Gasteiger partial charge in [0.05, 0.1) is 25.6 Å². The quantitative estimate of drug-likeness (QED) is 0.769. The van der Waals surface area contributed by atoms with Crippen molar-refractivity contribution in [3.63, 3.8) is 0 Å². The number of benzene rings is 1. The van der Waals surface area contributed by atoms with Crippen molar-refractivity contribution in [2.45, 2.75) is 31.8 Å². The van der Waals surface area contributed by atoms with E-state index in [1.165, 1.54) is 0 Å². The van der Waals surface area contributed by atoms with E-state index in [9.17, 15) is 4.79 Å². The summed E-state index contributed by atoms with van der Waals surface area (Å²) in [5, 5.41) is 0.436. The number of ketones is 1. The lowest BCUT2D eigenvalue weighted by molar-refractivity contribution is 0.0537. The molecule has 136 valence electrons. The summed E-state index contributed by atoms with van der Waals surface area (Å²) in [5.74, 6) is 2.87. The number of carbonyl (C=O) groups is 1. The van der Waals surface area contributed by atoms with Crippen LogP contribution in [0.3, 0.4) is 0 Å². The van der Waals surface area contributed by atoms with Crippen LogP contribution in [0.25, 0.3) is 0 Å². The van der Waals surface area contributed by atoms with Gasteiger partial charge in [0.25, 0.3) is 0 Å². The average Bonchev–Trinajstić information content (AvgIpc) is 3.04. The number of fused-ring (bicyclic) bond motifs is 1. The Morgan fingerprint density at radius 2 is 2.19 bits per heavy atom. The molecule has 3 heterocycles. The third-order valence-corrected chi connectivity index (χ3v) is 5.17. The number of aryl methyl sites for hydroxylation is 1. The summed E-state index contributed by atoms with van der Waals surface area (Å²) in [5.41, 5.74) is 0.0643. The lowest BCUT2D eigenvalue weighted by Crippen LogP contribution is -2.44. The van der Waals surface area contributed by atoms with Gasteiger partial charge in [-0.3, -0.25) is 4.79 Å². The molecule has 0 radical (unpaired) electrons. The van der Waals surface area contributed by atoms with Gasteiger partial charge in [-0.2, -0.15) is 0 Å². The first-order valence-corrected chi connectivity index (χ1v) is 9.08. The van der Waals surface area contributed by atoms with Crippen LogP contribution in [-0.2, 0) is 6.42 Å². The zero-order chi connectivity index (χ0) is 18.3. The molecule has 6 nitrogen and oxygen atoms in total. The number of halogens is 1. The number of hydrogen-bond acceptors (Lipinski definition) is 6. The van der Waals surface area contributed by atoms with E-state index in [4.69, 9.17) is 21.1 Å². The zero-order valence-corrected chi connectivity index (χ0v) is 15.5. The fourth-order valence-electron chi connectivity index (χ4n) is 3.64. The Labute approximate surface area is 157 Å². The second-order valence-electron chi connectivity index (χ2n) is 6.74. The van der Waals surface area contributed by atoms with Crippen LogP contribution in [0.1, 0.15) is 35.9 Å². The fourth-order valence-corrected chi connectivity index (χ4v) is 3.83. The topological polar surface area (TPSA) is 64.6 Å². The van der Waals surface area contributed by atoms with E-state index in [1.54, 1.807) is 19.2 Å². The van der Waals surface area contributed by atoms with Crippen LogP contribution in [0, 0.1) is 0 Å². The van der Waals surface area contributed by atoms with Gasteiger partial charge in [-0.05, 0) is 18.2 Å². The van der Waals surface area contributed by atoms with Crippen molar-refractivity contribution in [1.29, 1.82) is 0 Å². The van der Waals surface area contributed by atoms with Gasteiger partial charge in [-0.25, -0.2) is 9.97 Å². The highest BCUT2D eigenvalue weighted by atomic mass is 35.5. The van der Waals surface area contributed by atoms with Crippen LogP contribution in [0.2, 0.25) is 5.15 Å². The van der Waals surface area contributed by atoms with Crippen molar-refractivity contribution in [2.24, 2.45) is 0 Å². The number of aromatic nitrogens is 2. The number of anilines is 1. The number of carbonyl (C=O) groups excluding carboxylic acids is 1. The Balaban J connectivity index is 1.60. The molecule has 26 heavy (non-hydrogen) atoms. The van der Waals surface area contributed by atoms with Crippen molar-refractivity contribution in [1.82, 2.24) is 9.97 Å². The average molecular weight is 374 g/mol. The maximum Gasteiger partial charge on any atom is 0.170 e. The largest absolute Gasteiger partial charge is 0.497 e. The van der Waals surface area contributed by atoms with Crippen molar-refractivity contribution in [3.05, 3.63) is 40.8 Å². The SMILES string of the molecule is CCc1nc(Cl)cc(N2CCC3(CC(=O)c4cc(OC)ccc4O3)C2)n1. The summed E-state index contributed by atoms with van der Waals surface area (Å²) >= 11 is 6.13. The number of hydrogen-bond donors (Lipinski definition) is 0. The van der Waals surface area contributed by atoms with E-state index in [2.05, 4.69) is 14.9 Å². The van der Waals surface area contributed by atoms with Gasteiger partial charge in [0.15, 0.2) is 5.78 Å². The number of Topliss-reactive ketones (excluding diaryl/α,β-unsaturated/α-hetero) is 1. The Bertz CT molecular complexity index is 873. The summed E-state index contributed by atoms with van der Waals surface area (Å²) in [7, 11) is 1.59. The minimum Gasteiger partial charge on any atom is -0.497 e. The minimum atomic E-state index is -0.525. The van der Waals surface area contributed by atoms with Gasteiger partial charge in [0.2, 0.25) is 0 Å². The lowest BCUT2D eigenvalue weighted by Gasteiger charge is -2.34. The first kappa shape index (κ1) is 17.1. The molecule has 4 rings (SSSR count). The van der Waals surface area contributed by atoms with E-state index in [0.29, 0.717) is 41.0 Å².